The number of benzene rings is 1. The fourth-order valence-corrected chi connectivity index (χ4v) is 3.14. The highest BCUT2D eigenvalue weighted by molar-refractivity contribution is 7.13. The van der Waals surface area contributed by atoms with E-state index in [9.17, 15) is 0 Å². The molecule has 2 aromatic heterocycles. The van der Waals surface area contributed by atoms with Gasteiger partial charge in [0.25, 0.3) is 0 Å². The van der Waals surface area contributed by atoms with Gasteiger partial charge in [0.05, 0.1) is 5.69 Å². The monoisotopic (exact) mass is 298 g/mol. The van der Waals surface area contributed by atoms with Crippen molar-refractivity contribution in [3.05, 3.63) is 64.9 Å². The second-order valence-corrected chi connectivity index (χ2v) is 5.87. The number of nitrogens with one attached hydrogen (secondary N) is 1. The van der Waals surface area contributed by atoms with E-state index in [4.69, 9.17) is 9.40 Å². The predicted molar refractivity (Wildman–Crippen MR) is 86.5 cm³/mol. The molecule has 3 rings (SSSR count). The molecule has 21 heavy (non-hydrogen) atoms. The van der Waals surface area contributed by atoms with Crippen molar-refractivity contribution in [2.24, 2.45) is 0 Å². The molecule has 0 saturated carbocycles. The summed E-state index contributed by atoms with van der Waals surface area (Å²) in [6.07, 6.45) is 0.872. The van der Waals surface area contributed by atoms with E-state index >= 15 is 0 Å². The molecule has 1 atom stereocenters. The summed E-state index contributed by atoms with van der Waals surface area (Å²) in [5, 5.41) is 6.42. The number of nitrogens with zero attached hydrogens (tertiary/aromatic N) is 1. The summed E-state index contributed by atoms with van der Waals surface area (Å²) in [5.41, 5.74) is 2.37. The Morgan fingerprint density at radius 2 is 2.00 bits per heavy atom. The van der Waals surface area contributed by atoms with Gasteiger partial charge in [-0.2, -0.15) is 0 Å². The van der Waals surface area contributed by atoms with E-state index in [0.717, 1.165) is 28.6 Å². The zero-order valence-electron chi connectivity index (χ0n) is 12.2. The summed E-state index contributed by atoms with van der Waals surface area (Å²) in [6, 6.07) is 14.7. The Labute approximate surface area is 128 Å². The summed E-state index contributed by atoms with van der Waals surface area (Å²) < 4.78 is 5.63. The van der Waals surface area contributed by atoms with E-state index in [-0.39, 0.29) is 6.04 Å². The molecule has 0 saturated heterocycles. The van der Waals surface area contributed by atoms with Crippen LogP contribution in [0.15, 0.2) is 52.3 Å². The molecule has 4 heteroatoms. The third-order valence-electron chi connectivity index (χ3n) is 3.47. The quantitative estimate of drug-likeness (QED) is 0.766. The minimum absolute atomic E-state index is 0.277. The first-order valence-electron chi connectivity index (χ1n) is 6.99. The van der Waals surface area contributed by atoms with Gasteiger partial charge in [-0.3, -0.25) is 0 Å². The Balaban J connectivity index is 1.77. The van der Waals surface area contributed by atoms with E-state index in [2.05, 4.69) is 35.0 Å². The van der Waals surface area contributed by atoms with Crippen LogP contribution in [0, 0.1) is 6.92 Å². The second-order valence-electron chi connectivity index (χ2n) is 5.01. The van der Waals surface area contributed by atoms with Crippen molar-refractivity contribution in [3.8, 4) is 10.8 Å². The van der Waals surface area contributed by atoms with Crippen molar-refractivity contribution in [1.29, 1.82) is 0 Å². The number of rotatable bonds is 5. The van der Waals surface area contributed by atoms with Crippen LogP contribution in [0.25, 0.3) is 10.8 Å². The number of aryl methyl sites for hydroxylation is 1. The van der Waals surface area contributed by atoms with E-state index in [1.807, 2.05) is 32.2 Å². The highest BCUT2D eigenvalue weighted by atomic mass is 32.1. The molecule has 3 nitrogen and oxygen atoms in total. The Hall–Kier alpha value is -1.91. The Kier molecular flexibility index (Phi) is 4.18. The van der Waals surface area contributed by atoms with Crippen LogP contribution in [0.5, 0.6) is 0 Å². The zero-order valence-corrected chi connectivity index (χ0v) is 13.0. The third kappa shape index (κ3) is 3.23. The summed E-state index contributed by atoms with van der Waals surface area (Å²) in [5.74, 6) is 1.77. The minimum atomic E-state index is 0.277. The largest absolute Gasteiger partial charge is 0.459 e. The maximum atomic E-state index is 5.63. The Morgan fingerprint density at radius 3 is 2.67 bits per heavy atom. The van der Waals surface area contributed by atoms with Gasteiger partial charge in [0.15, 0.2) is 10.8 Å². The zero-order chi connectivity index (χ0) is 14.7. The highest BCUT2D eigenvalue weighted by Crippen LogP contribution is 2.27. The molecule has 0 bridgehead atoms. The molecule has 2 heterocycles. The van der Waals surface area contributed by atoms with Crippen molar-refractivity contribution >= 4 is 11.3 Å². The summed E-state index contributed by atoms with van der Waals surface area (Å²) in [7, 11) is 1.99. The van der Waals surface area contributed by atoms with Crippen LogP contribution in [0.3, 0.4) is 0 Å². The first kappa shape index (κ1) is 14.0. The number of hydrogen-bond acceptors (Lipinski definition) is 4. The van der Waals surface area contributed by atoms with E-state index in [1.165, 1.54) is 5.56 Å². The van der Waals surface area contributed by atoms with Crippen LogP contribution in [0.4, 0.5) is 0 Å². The Morgan fingerprint density at radius 1 is 1.19 bits per heavy atom. The van der Waals surface area contributed by atoms with Crippen LogP contribution in [-0.2, 0) is 6.42 Å². The van der Waals surface area contributed by atoms with E-state index in [1.54, 1.807) is 11.3 Å². The average molecular weight is 298 g/mol. The van der Waals surface area contributed by atoms with Crippen LogP contribution in [-0.4, -0.2) is 12.0 Å². The van der Waals surface area contributed by atoms with Crippen molar-refractivity contribution < 1.29 is 4.42 Å². The molecule has 0 radical (unpaired) electrons. The lowest BCUT2D eigenvalue weighted by atomic mass is 10.0. The van der Waals surface area contributed by atoms with Gasteiger partial charge in [0.1, 0.15) is 5.76 Å². The first-order chi connectivity index (χ1) is 10.3. The molecule has 0 fully saturated rings. The van der Waals surface area contributed by atoms with Crippen LogP contribution in [0.2, 0.25) is 0 Å². The molecule has 0 aliphatic carbocycles. The molecule has 108 valence electrons. The first-order valence-corrected chi connectivity index (χ1v) is 7.87. The van der Waals surface area contributed by atoms with Gasteiger partial charge < -0.3 is 9.73 Å². The number of aromatic nitrogens is 1. The highest BCUT2D eigenvalue weighted by Gasteiger charge is 2.13. The van der Waals surface area contributed by atoms with Gasteiger partial charge >= 0.3 is 0 Å². The van der Waals surface area contributed by atoms with Crippen molar-refractivity contribution in [2.75, 3.05) is 7.05 Å². The number of hydrogen-bond donors (Lipinski definition) is 1. The number of furan rings is 1. The topological polar surface area (TPSA) is 38.1 Å². The molecule has 1 aromatic carbocycles. The van der Waals surface area contributed by atoms with Gasteiger partial charge in [-0.25, -0.2) is 4.98 Å². The smallest absolute Gasteiger partial charge is 0.162 e. The molecular formula is C17H18N2OS. The number of thiazole rings is 1. The van der Waals surface area contributed by atoms with E-state index in [0.29, 0.717) is 0 Å². The fraction of sp³-hybridized carbons (Fsp3) is 0.235. The lowest BCUT2D eigenvalue weighted by Crippen LogP contribution is -2.18. The maximum Gasteiger partial charge on any atom is 0.162 e. The van der Waals surface area contributed by atoms with Gasteiger partial charge in [0.2, 0.25) is 0 Å². The molecule has 0 aliphatic heterocycles. The average Bonchev–Trinajstić information content (AvgIpc) is 3.14. The summed E-state index contributed by atoms with van der Waals surface area (Å²) in [4.78, 5) is 4.69. The minimum Gasteiger partial charge on any atom is -0.459 e. The SMILES string of the molecule is CNC(Cc1csc(-c2ccc(C)o2)n1)c1ccccc1. The summed E-state index contributed by atoms with van der Waals surface area (Å²) >= 11 is 1.63. The molecular weight excluding hydrogens is 280 g/mol. The normalized spacial score (nSPS) is 12.5. The maximum absolute atomic E-state index is 5.63. The van der Waals surface area contributed by atoms with Crippen molar-refractivity contribution in [1.82, 2.24) is 10.3 Å². The molecule has 1 N–H and O–H groups in total. The van der Waals surface area contributed by atoms with Gasteiger partial charge in [-0.1, -0.05) is 30.3 Å². The molecule has 3 aromatic rings. The molecule has 0 amide bonds. The molecule has 1 unspecified atom stereocenters. The Bertz CT molecular complexity index is 702. The van der Waals surface area contributed by atoms with Gasteiger partial charge in [-0.15, -0.1) is 11.3 Å². The van der Waals surface area contributed by atoms with Crippen LogP contribution in [0.1, 0.15) is 23.1 Å². The third-order valence-corrected chi connectivity index (χ3v) is 4.37. The van der Waals surface area contributed by atoms with Crippen LogP contribution < -0.4 is 5.32 Å². The van der Waals surface area contributed by atoms with Gasteiger partial charge in [-0.05, 0) is 31.7 Å². The van der Waals surface area contributed by atoms with Crippen LogP contribution >= 0.6 is 11.3 Å². The summed E-state index contributed by atoms with van der Waals surface area (Å²) in [6.45, 7) is 1.95. The van der Waals surface area contributed by atoms with Gasteiger partial charge in [0, 0.05) is 17.8 Å². The van der Waals surface area contributed by atoms with E-state index < -0.39 is 0 Å². The van der Waals surface area contributed by atoms with Crippen molar-refractivity contribution in [3.63, 3.8) is 0 Å². The molecule has 0 aliphatic rings. The second kappa shape index (κ2) is 6.24. The lowest BCUT2D eigenvalue weighted by Gasteiger charge is -2.15. The fourth-order valence-electron chi connectivity index (χ4n) is 2.34. The molecule has 0 spiro atoms. The van der Waals surface area contributed by atoms with Crippen molar-refractivity contribution in [2.45, 2.75) is 19.4 Å². The predicted octanol–water partition coefficient (Wildman–Crippen LogP) is 4.21. The standard InChI is InChI=1S/C17H18N2OS/c1-12-8-9-16(20-12)17-19-14(11-21-17)10-15(18-2)13-6-4-3-5-7-13/h3-9,11,15,18H,10H2,1-2H3. The number of likely N-dealkylation sites (N-methyl/N-ethyl adjacent to an activating group) is 1. The lowest BCUT2D eigenvalue weighted by molar-refractivity contribution is 0.547.